The van der Waals surface area contributed by atoms with Crippen LogP contribution in [0.1, 0.15) is 18.5 Å². The standard InChI is InChI=1S/C20H20ClN5O3/c1-11-17(19(28)25-14-6-4-13(21)5-7-14)18(26-20(24-11)22-10-23-26)12-3-8-15(27)16(9-12)29-2/h3-11,17-18,27H,1-2H3,(H,25,28)(H,22,23,24)/t11-,17+,18-/m1/s1. The fourth-order valence-electron chi connectivity index (χ4n) is 3.63. The zero-order valence-corrected chi connectivity index (χ0v) is 16.6. The molecule has 2 heterocycles. The first-order chi connectivity index (χ1) is 14.0. The molecule has 150 valence electrons. The third-order valence-electron chi connectivity index (χ3n) is 5.03. The van der Waals surface area contributed by atoms with E-state index in [1.54, 1.807) is 47.1 Å². The van der Waals surface area contributed by atoms with Crippen LogP contribution in [-0.2, 0) is 4.79 Å². The van der Waals surface area contributed by atoms with Crippen LogP contribution in [0.5, 0.6) is 11.5 Å². The van der Waals surface area contributed by atoms with E-state index in [0.29, 0.717) is 22.4 Å². The molecular weight excluding hydrogens is 394 g/mol. The molecule has 1 aromatic heterocycles. The van der Waals surface area contributed by atoms with Crippen molar-refractivity contribution < 1.29 is 14.6 Å². The van der Waals surface area contributed by atoms with Gasteiger partial charge < -0.3 is 20.5 Å². The zero-order valence-electron chi connectivity index (χ0n) is 15.8. The molecular formula is C20H20ClN5O3. The van der Waals surface area contributed by atoms with E-state index in [9.17, 15) is 9.90 Å². The van der Waals surface area contributed by atoms with E-state index in [4.69, 9.17) is 16.3 Å². The maximum atomic E-state index is 13.3. The SMILES string of the molecule is COc1cc([C@@H]2[C@@H](C(=O)Nc3ccc(Cl)cc3)[C@@H](C)Nc3ncnn32)ccc1O. The van der Waals surface area contributed by atoms with Crippen molar-refractivity contribution in [1.82, 2.24) is 14.8 Å². The fraction of sp³-hybridized carbons (Fsp3) is 0.250. The topological polar surface area (TPSA) is 101 Å². The van der Waals surface area contributed by atoms with Gasteiger partial charge >= 0.3 is 0 Å². The van der Waals surface area contributed by atoms with Gasteiger partial charge in [0, 0.05) is 16.8 Å². The minimum absolute atomic E-state index is 0.0270. The highest BCUT2D eigenvalue weighted by Crippen LogP contribution is 2.39. The van der Waals surface area contributed by atoms with Crippen molar-refractivity contribution in [2.24, 2.45) is 5.92 Å². The Balaban J connectivity index is 1.74. The molecule has 9 heteroatoms. The number of amides is 1. The molecule has 0 spiro atoms. The van der Waals surface area contributed by atoms with E-state index < -0.39 is 12.0 Å². The molecule has 1 amide bonds. The Labute approximate surface area is 172 Å². The molecule has 3 aromatic rings. The number of nitrogens with zero attached hydrogens (tertiary/aromatic N) is 3. The van der Waals surface area contributed by atoms with Crippen LogP contribution in [0.4, 0.5) is 11.6 Å². The highest BCUT2D eigenvalue weighted by Gasteiger charge is 2.41. The van der Waals surface area contributed by atoms with Gasteiger partial charge in [-0.3, -0.25) is 4.79 Å². The smallest absolute Gasteiger partial charge is 0.232 e. The summed E-state index contributed by atoms with van der Waals surface area (Å²) >= 11 is 5.93. The van der Waals surface area contributed by atoms with Gasteiger partial charge in [-0.2, -0.15) is 10.1 Å². The van der Waals surface area contributed by atoms with Gasteiger partial charge in [-0.05, 0) is 48.9 Å². The minimum atomic E-state index is -0.505. The summed E-state index contributed by atoms with van der Waals surface area (Å²) in [4.78, 5) is 17.5. The largest absolute Gasteiger partial charge is 0.504 e. The number of aromatic hydroxyl groups is 1. The molecule has 29 heavy (non-hydrogen) atoms. The lowest BCUT2D eigenvalue weighted by Crippen LogP contribution is -2.46. The second kappa shape index (κ2) is 7.63. The Bertz CT molecular complexity index is 1040. The lowest BCUT2D eigenvalue weighted by atomic mass is 9.85. The zero-order chi connectivity index (χ0) is 20.5. The van der Waals surface area contributed by atoms with Crippen LogP contribution < -0.4 is 15.4 Å². The number of carbonyl (C=O) groups excluding carboxylic acids is 1. The highest BCUT2D eigenvalue weighted by molar-refractivity contribution is 6.30. The van der Waals surface area contributed by atoms with Crippen LogP contribution in [0.3, 0.4) is 0 Å². The van der Waals surface area contributed by atoms with Gasteiger partial charge in [0.25, 0.3) is 0 Å². The predicted molar refractivity (Wildman–Crippen MR) is 109 cm³/mol. The maximum absolute atomic E-state index is 13.3. The highest BCUT2D eigenvalue weighted by atomic mass is 35.5. The third-order valence-corrected chi connectivity index (χ3v) is 5.28. The van der Waals surface area contributed by atoms with Crippen LogP contribution in [-0.4, -0.2) is 38.9 Å². The maximum Gasteiger partial charge on any atom is 0.232 e. The number of carbonyl (C=O) groups is 1. The molecule has 1 aliphatic rings. The fourth-order valence-corrected chi connectivity index (χ4v) is 3.76. The minimum Gasteiger partial charge on any atom is -0.504 e. The van der Waals surface area contributed by atoms with Crippen LogP contribution >= 0.6 is 11.6 Å². The molecule has 2 aromatic carbocycles. The van der Waals surface area contributed by atoms with Gasteiger partial charge in [0.15, 0.2) is 11.5 Å². The normalized spacial score (nSPS) is 20.4. The number of benzene rings is 2. The van der Waals surface area contributed by atoms with E-state index in [0.717, 1.165) is 5.56 Å². The number of fused-ring (bicyclic) bond motifs is 1. The average molecular weight is 414 g/mol. The summed E-state index contributed by atoms with van der Waals surface area (Å²) in [7, 11) is 1.48. The Kier molecular flexibility index (Phi) is 5.02. The Hall–Kier alpha value is -3.26. The van der Waals surface area contributed by atoms with E-state index in [1.807, 2.05) is 6.92 Å². The lowest BCUT2D eigenvalue weighted by molar-refractivity contribution is -0.121. The van der Waals surface area contributed by atoms with Gasteiger partial charge in [0.1, 0.15) is 6.33 Å². The average Bonchev–Trinajstić information content (AvgIpc) is 3.17. The van der Waals surface area contributed by atoms with Crippen molar-refractivity contribution in [3.8, 4) is 11.5 Å². The summed E-state index contributed by atoms with van der Waals surface area (Å²) in [5, 5.41) is 21.1. The Morgan fingerprint density at radius 3 is 2.76 bits per heavy atom. The number of phenolic OH excluding ortho intramolecular Hbond substituents is 1. The molecule has 0 saturated carbocycles. The number of ether oxygens (including phenoxy) is 1. The summed E-state index contributed by atoms with van der Waals surface area (Å²) in [5.74, 6) is 0.246. The molecule has 0 bridgehead atoms. The second-order valence-electron chi connectivity index (χ2n) is 6.86. The summed E-state index contributed by atoms with van der Waals surface area (Å²) in [6.45, 7) is 1.93. The molecule has 1 aliphatic heterocycles. The van der Waals surface area contributed by atoms with E-state index in [1.165, 1.54) is 13.4 Å². The second-order valence-corrected chi connectivity index (χ2v) is 7.30. The third kappa shape index (κ3) is 3.58. The quantitative estimate of drug-likeness (QED) is 0.606. The molecule has 4 rings (SSSR count). The summed E-state index contributed by atoms with van der Waals surface area (Å²) in [5.41, 5.74) is 1.43. The van der Waals surface area contributed by atoms with E-state index in [-0.39, 0.29) is 17.7 Å². The van der Waals surface area contributed by atoms with Crippen molar-refractivity contribution in [3.05, 3.63) is 59.4 Å². The van der Waals surface area contributed by atoms with Crippen LogP contribution in [0, 0.1) is 5.92 Å². The van der Waals surface area contributed by atoms with Crippen LogP contribution in [0.15, 0.2) is 48.8 Å². The van der Waals surface area contributed by atoms with Crippen molar-refractivity contribution in [2.75, 3.05) is 17.7 Å². The number of aromatic nitrogens is 3. The number of anilines is 2. The first-order valence-electron chi connectivity index (χ1n) is 9.07. The summed E-state index contributed by atoms with van der Waals surface area (Å²) in [6, 6.07) is 11.3. The van der Waals surface area contributed by atoms with Gasteiger partial charge in [-0.1, -0.05) is 17.7 Å². The van der Waals surface area contributed by atoms with E-state index >= 15 is 0 Å². The molecule has 0 fully saturated rings. The van der Waals surface area contributed by atoms with Crippen molar-refractivity contribution >= 4 is 29.1 Å². The Morgan fingerprint density at radius 1 is 1.28 bits per heavy atom. The summed E-state index contributed by atoms with van der Waals surface area (Å²) in [6.07, 6.45) is 1.44. The molecule has 0 saturated heterocycles. The number of hydrogen-bond donors (Lipinski definition) is 3. The number of halogens is 1. The number of methoxy groups -OCH3 is 1. The Morgan fingerprint density at radius 2 is 2.03 bits per heavy atom. The molecule has 8 nitrogen and oxygen atoms in total. The van der Waals surface area contributed by atoms with Gasteiger partial charge in [0.2, 0.25) is 11.9 Å². The van der Waals surface area contributed by atoms with Crippen molar-refractivity contribution in [3.63, 3.8) is 0 Å². The molecule has 0 unspecified atom stereocenters. The van der Waals surface area contributed by atoms with Crippen molar-refractivity contribution in [2.45, 2.75) is 19.0 Å². The lowest BCUT2D eigenvalue weighted by Gasteiger charge is -2.37. The first kappa shape index (κ1) is 19.1. The molecule has 0 aliphatic carbocycles. The predicted octanol–water partition coefficient (Wildman–Crippen LogP) is 3.30. The number of nitrogens with one attached hydrogen (secondary N) is 2. The molecule has 0 radical (unpaired) electrons. The molecule has 3 N–H and O–H groups in total. The van der Waals surface area contributed by atoms with Gasteiger partial charge in [0.05, 0.1) is 19.1 Å². The van der Waals surface area contributed by atoms with Crippen molar-refractivity contribution in [1.29, 1.82) is 0 Å². The summed E-state index contributed by atoms with van der Waals surface area (Å²) < 4.78 is 6.93. The van der Waals surface area contributed by atoms with E-state index in [2.05, 4.69) is 20.7 Å². The van der Waals surface area contributed by atoms with Crippen LogP contribution in [0.25, 0.3) is 0 Å². The monoisotopic (exact) mass is 413 g/mol. The first-order valence-corrected chi connectivity index (χ1v) is 9.45. The van der Waals surface area contributed by atoms with Crippen LogP contribution in [0.2, 0.25) is 5.02 Å². The number of phenols is 1. The van der Waals surface area contributed by atoms with Gasteiger partial charge in [-0.25, -0.2) is 4.68 Å². The molecule has 3 atom stereocenters. The van der Waals surface area contributed by atoms with Gasteiger partial charge in [-0.15, -0.1) is 0 Å². The number of hydrogen-bond acceptors (Lipinski definition) is 6. The number of rotatable bonds is 4.